The Bertz CT molecular complexity index is 177. The molecule has 14 heavy (non-hydrogen) atoms. The largest absolute Gasteiger partial charge is 3.00 e. The number of hydrogen-bond donors (Lipinski definition) is 0. The van der Waals surface area contributed by atoms with Crippen molar-refractivity contribution in [1.82, 2.24) is 0 Å². The summed E-state index contributed by atoms with van der Waals surface area (Å²) < 4.78 is 0. The Hall–Kier alpha value is -1.06. The predicted molar refractivity (Wildman–Crippen MR) is 25.8 cm³/mol. The van der Waals surface area contributed by atoms with Crippen LogP contribution < -0.4 is 50.0 Å². The molecule has 8 nitrogen and oxygen atoms in total. The van der Waals surface area contributed by atoms with Gasteiger partial charge in [-0.25, -0.2) is 0 Å². The number of hydrogen-bond acceptors (Lipinski definition) is 8. The molecule has 0 radical (unpaired) electrons. The molecule has 0 unspecified atom stereocenters. The summed E-state index contributed by atoms with van der Waals surface area (Å²) in [5.74, 6) is -8.74. The fourth-order valence-electron chi connectivity index (χ4n) is 0. The van der Waals surface area contributed by atoms with E-state index in [2.05, 4.69) is 0 Å². The molecule has 0 amide bonds. The van der Waals surface area contributed by atoms with Gasteiger partial charge in [-0.15, -0.1) is 0 Å². The van der Waals surface area contributed by atoms with Gasteiger partial charge in [0.1, 0.15) is 0 Å². The molecule has 10 heteroatoms. The maximum atomic E-state index is 8.93. The number of aliphatic carboxylic acids is 4. The second-order valence-corrected chi connectivity index (χ2v) is 1.15. The molecule has 0 aliphatic carbocycles. The van der Waals surface area contributed by atoms with Gasteiger partial charge in [0.25, 0.3) is 0 Å². The fourth-order valence-corrected chi connectivity index (χ4v) is 0. The van der Waals surface area contributed by atoms with E-state index in [9.17, 15) is 0 Å². The standard InChI is InChI=1S/2C2H2O4.B.Na/c2*3-1(4)2(5)6;;/h2*(H,3,4)(H,5,6);;/q;;+3;+1/p-4. The van der Waals surface area contributed by atoms with Crippen LogP contribution in [0.15, 0.2) is 0 Å². The van der Waals surface area contributed by atoms with E-state index in [1.54, 1.807) is 0 Å². The van der Waals surface area contributed by atoms with Gasteiger partial charge in [0.15, 0.2) is 0 Å². The van der Waals surface area contributed by atoms with E-state index >= 15 is 0 Å². The van der Waals surface area contributed by atoms with Crippen LogP contribution in [0.2, 0.25) is 0 Å². The molecule has 0 aromatic heterocycles. The van der Waals surface area contributed by atoms with Crippen LogP contribution in [0.1, 0.15) is 0 Å². The Morgan fingerprint density at radius 2 is 0.643 bits per heavy atom. The van der Waals surface area contributed by atoms with Gasteiger partial charge in [0.2, 0.25) is 0 Å². The summed E-state index contributed by atoms with van der Waals surface area (Å²) in [7, 11) is 0. The smallest absolute Gasteiger partial charge is 0.543 e. The molecule has 0 aromatic carbocycles. The van der Waals surface area contributed by atoms with Crippen LogP contribution in [0.3, 0.4) is 0 Å². The first-order chi connectivity index (χ1) is 5.29. The predicted octanol–water partition coefficient (Wildman–Crippen LogP) is -10.4. The van der Waals surface area contributed by atoms with Crippen molar-refractivity contribution >= 4 is 32.3 Å². The molecule has 0 aliphatic rings. The minimum Gasteiger partial charge on any atom is -0.543 e. The van der Waals surface area contributed by atoms with Gasteiger partial charge >= 0.3 is 38.0 Å². The van der Waals surface area contributed by atoms with E-state index in [-0.39, 0.29) is 38.0 Å². The van der Waals surface area contributed by atoms with Gasteiger partial charge in [-0.2, -0.15) is 0 Å². The van der Waals surface area contributed by atoms with Crippen LogP contribution in [-0.4, -0.2) is 32.3 Å². The molecule has 0 spiro atoms. The van der Waals surface area contributed by atoms with Gasteiger partial charge in [-0.1, -0.05) is 0 Å². The third-order valence-corrected chi connectivity index (χ3v) is 0.333. The molecular formula is C4BNaO8. The number of rotatable bonds is 0. The SMILES string of the molecule is O=C([O-])C(=O)[O-].O=C([O-])C(=O)[O-].[B+3].[Na+]. The molecule has 0 fully saturated rings. The summed E-state index contributed by atoms with van der Waals surface area (Å²) in [6.07, 6.45) is 0. The Morgan fingerprint density at radius 3 is 0.643 bits per heavy atom. The Labute approximate surface area is 101 Å². The number of carboxylic acid groups (broad SMARTS) is 4. The van der Waals surface area contributed by atoms with Gasteiger partial charge < -0.3 is 39.6 Å². The zero-order valence-corrected chi connectivity index (χ0v) is 8.84. The zero-order chi connectivity index (χ0) is 10.3. The monoisotopic (exact) mass is 210 g/mol. The second-order valence-electron chi connectivity index (χ2n) is 1.15. The van der Waals surface area contributed by atoms with Gasteiger partial charge in [0.05, 0.1) is 23.9 Å². The summed E-state index contributed by atoms with van der Waals surface area (Å²) in [5.41, 5.74) is 0. The normalized spacial score (nSPS) is 6.29. The third-order valence-electron chi connectivity index (χ3n) is 0.333. The molecule has 68 valence electrons. The van der Waals surface area contributed by atoms with E-state index in [0.29, 0.717) is 0 Å². The number of carbonyl (C=O) groups is 4. The molecule has 0 bridgehead atoms. The molecule has 0 saturated heterocycles. The molecule has 0 aromatic rings. The molecule has 0 saturated carbocycles. The quantitative estimate of drug-likeness (QED) is 0.281. The second kappa shape index (κ2) is 11.9. The van der Waals surface area contributed by atoms with E-state index < -0.39 is 23.9 Å². The minimum absolute atomic E-state index is 0. The Morgan fingerprint density at radius 1 is 0.571 bits per heavy atom. The molecule has 0 atom stereocenters. The third kappa shape index (κ3) is 22.4. The van der Waals surface area contributed by atoms with Crippen molar-refractivity contribution in [2.75, 3.05) is 0 Å². The summed E-state index contributed by atoms with van der Waals surface area (Å²) in [5, 5.41) is 35.7. The summed E-state index contributed by atoms with van der Waals surface area (Å²) >= 11 is 0. The summed E-state index contributed by atoms with van der Waals surface area (Å²) in [6.45, 7) is 0. The molecule has 0 heterocycles. The summed E-state index contributed by atoms with van der Waals surface area (Å²) in [6, 6.07) is 0. The van der Waals surface area contributed by atoms with E-state index in [1.165, 1.54) is 0 Å². The molecule has 0 rings (SSSR count). The van der Waals surface area contributed by atoms with Crippen molar-refractivity contribution in [1.29, 1.82) is 0 Å². The fraction of sp³-hybridized carbons (Fsp3) is 0. The van der Waals surface area contributed by atoms with Crippen molar-refractivity contribution in [3.05, 3.63) is 0 Å². The van der Waals surface area contributed by atoms with Crippen molar-refractivity contribution in [3.8, 4) is 0 Å². The first kappa shape index (κ1) is 23.1. The molecular weight excluding hydrogens is 210 g/mol. The Balaban J connectivity index is -0.0000000625. The average molecular weight is 210 g/mol. The molecule has 0 aliphatic heterocycles. The molecule has 0 N–H and O–H groups in total. The van der Waals surface area contributed by atoms with E-state index in [4.69, 9.17) is 39.6 Å². The first-order valence-electron chi connectivity index (χ1n) is 2.13. The number of carbonyl (C=O) groups excluding carboxylic acids is 4. The van der Waals surface area contributed by atoms with Crippen LogP contribution in [-0.2, 0) is 19.2 Å². The zero-order valence-electron chi connectivity index (χ0n) is 6.84. The maximum absolute atomic E-state index is 8.93. The first-order valence-corrected chi connectivity index (χ1v) is 2.13. The van der Waals surface area contributed by atoms with Crippen LogP contribution in [0.25, 0.3) is 0 Å². The number of carboxylic acids is 4. The average Bonchev–Trinajstić information content (AvgIpc) is 1.88. The van der Waals surface area contributed by atoms with Crippen LogP contribution in [0, 0.1) is 0 Å². The van der Waals surface area contributed by atoms with Crippen molar-refractivity contribution in [2.24, 2.45) is 0 Å². The topological polar surface area (TPSA) is 161 Å². The van der Waals surface area contributed by atoms with E-state index in [1.807, 2.05) is 0 Å². The van der Waals surface area contributed by atoms with Crippen LogP contribution in [0.4, 0.5) is 0 Å². The van der Waals surface area contributed by atoms with Crippen molar-refractivity contribution in [2.45, 2.75) is 0 Å². The maximum Gasteiger partial charge on any atom is 3.00 e. The van der Waals surface area contributed by atoms with Crippen LogP contribution >= 0.6 is 0 Å². The van der Waals surface area contributed by atoms with Crippen molar-refractivity contribution < 1.29 is 69.2 Å². The Kier molecular flexibility index (Phi) is 19.7. The van der Waals surface area contributed by atoms with Crippen molar-refractivity contribution in [3.63, 3.8) is 0 Å². The minimum atomic E-state index is -2.19. The van der Waals surface area contributed by atoms with E-state index in [0.717, 1.165) is 0 Å². The van der Waals surface area contributed by atoms with Gasteiger partial charge in [-0.05, 0) is 0 Å². The van der Waals surface area contributed by atoms with Crippen LogP contribution in [0.5, 0.6) is 0 Å². The van der Waals surface area contributed by atoms with Gasteiger partial charge in [-0.3, -0.25) is 0 Å². The van der Waals surface area contributed by atoms with Gasteiger partial charge in [0, 0.05) is 0 Å². The summed E-state index contributed by atoms with van der Waals surface area (Å²) in [4.78, 5) is 35.7.